The number of fused-ring (bicyclic) bond motifs is 1. The van der Waals surface area contributed by atoms with E-state index in [9.17, 15) is 13.2 Å². The second kappa shape index (κ2) is 10.9. The van der Waals surface area contributed by atoms with E-state index in [4.69, 9.17) is 9.47 Å². The first kappa shape index (κ1) is 25.9. The highest BCUT2D eigenvalue weighted by Crippen LogP contribution is 2.36. The van der Waals surface area contributed by atoms with E-state index in [0.29, 0.717) is 22.3 Å². The Morgan fingerprint density at radius 1 is 0.974 bits per heavy atom. The summed E-state index contributed by atoms with van der Waals surface area (Å²) in [6.45, 7) is 1.68. The highest BCUT2D eigenvalue weighted by molar-refractivity contribution is 7.92. The van der Waals surface area contributed by atoms with Gasteiger partial charge >= 0.3 is 5.97 Å². The van der Waals surface area contributed by atoms with E-state index >= 15 is 0 Å². The van der Waals surface area contributed by atoms with Gasteiger partial charge in [0.1, 0.15) is 11.3 Å². The van der Waals surface area contributed by atoms with E-state index in [0.717, 1.165) is 5.69 Å². The monoisotopic (exact) mass is 543 g/mol. The van der Waals surface area contributed by atoms with Gasteiger partial charge in [-0.15, -0.1) is 0 Å². The summed E-state index contributed by atoms with van der Waals surface area (Å²) < 4.78 is 41.8. The Labute approximate surface area is 225 Å². The summed E-state index contributed by atoms with van der Waals surface area (Å²) >= 11 is 0. The molecular formula is C28H25N5O5S. The van der Waals surface area contributed by atoms with Crippen LogP contribution >= 0.6 is 0 Å². The van der Waals surface area contributed by atoms with E-state index in [-0.39, 0.29) is 29.3 Å². The summed E-state index contributed by atoms with van der Waals surface area (Å²) in [5.74, 6) is -0.189. The van der Waals surface area contributed by atoms with Crippen molar-refractivity contribution in [2.75, 3.05) is 18.0 Å². The normalized spacial score (nSPS) is 11.3. The number of hydrogen-bond donors (Lipinski definition) is 0. The lowest BCUT2D eigenvalue weighted by atomic mass is 10.1. The van der Waals surface area contributed by atoms with E-state index in [1.807, 2.05) is 30.3 Å². The molecule has 5 aromatic rings. The molecule has 198 valence electrons. The van der Waals surface area contributed by atoms with Gasteiger partial charge in [-0.05, 0) is 55.0 Å². The molecule has 0 spiro atoms. The minimum Gasteiger partial charge on any atom is -0.497 e. The van der Waals surface area contributed by atoms with E-state index in [2.05, 4.69) is 15.1 Å². The molecule has 11 heteroatoms. The molecule has 0 atom stereocenters. The number of methoxy groups -OCH3 is 1. The third-order valence-electron chi connectivity index (χ3n) is 6.01. The van der Waals surface area contributed by atoms with Gasteiger partial charge in [0.05, 0.1) is 48.1 Å². The maximum Gasteiger partial charge on any atom is 0.341 e. The molecule has 0 fully saturated rings. The second-order valence-electron chi connectivity index (χ2n) is 8.42. The molecule has 3 heterocycles. The quantitative estimate of drug-likeness (QED) is 0.251. The lowest BCUT2D eigenvalue weighted by Gasteiger charge is -2.27. The van der Waals surface area contributed by atoms with Gasteiger partial charge in [0.15, 0.2) is 5.65 Å². The molecule has 0 aliphatic carbocycles. The molecule has 2 aromatic carbocycles. The van der Waals surface area contributed by atoms with Crippen LogP contribution in [0, 0.1) is 0 Å². The molecular weight excluding hydrogens is 518 g/mol. The first-order valence-electron chi connectivity index (χ1n) is 12.1. The zero-order chi connectivity index (χ0) is 27.4. The topological polar surface area (TPSA) is 117 Å². The summed E-state index contributed by atoms with van der Waals surface area (Å²) in [7, 11) is -2.72. The van der Waals surface area contributed by atoms with Gasteiger partial charge in [0.2, 0.25) is 0 Å². The van der Waals surface area contributed by atoms with Gasteiger partial charge in [-0.25, -0.2) is 22.9 Å². The van der Waals surface area contributed by atoms with Crippen molar-refractivity contribution in [2.45, 2.75) is 18.4 Å². The van der Waals surface area contributed by atoms with Crippen LogP contribution in [0.3, 0.4) is 0 Å². The minimum atomic E-state index is -4.22. The number of aromatic nitrogens is 4. The standard InChI is InChI=1S/C28H25N5O5S/c1-3-38-28(34)25-17-30-27-24(18-31-33(27)21-9-5-4-6-10-21)26(25)32(19-20-8-7-15-29-16-20)39(35,36)23-13-11-22(37-2)12-14-23/h4-18H,3,19H2,1-2H3. The number of carbonyl (C=O) groups is 1. The molecule has 0 saturated carbocycles. The Balaban J connectivity index is 1.78. The van der Waals surface area contributed by atoms with Crippen LogP contribution in [0.25, 0.3) is 16.7 Å². The van der Waals surface area contributed by atoms with Crippen molar-refractivity contribution in [1.82, 2.24) is 19.7 Å². The van der Waals surface area contributed by atoms with Gasteiger partial charge < -0.3 is 9.47 Å². The number of esters is 1. The van der Waals surface area contributed by atoms with Crippen LogP contribution in [0.1, 0.15) is 22.8 Å². The van der Waals surface area contributed by atoms with Gasteiger partial charge in [-0.3, -0.25) is 9.29 Å². The number of sulfonamides is 1. The molecule has 10 nitrogen and oxygen atoms in total. The van der Waals surface area contributed by atoms with Crippen molar-refractivity contribution in [3.63, 3.8) is 0 Å². The molecule has 39 heavy (non-hydrogen) atoms. The van der Waals surface area contributed by atoms with Crippen LogP contribution in [0.15, 0.2) is 96.4 Å². The van der Waals surface area contributed by atoms with Crippen LogP contribution < -0.4 is 9.04 Å². The summed E-state index contributed by atoms with van der Waals surface area (Å²) in [5, 5.41) is 4.86. The number of ether oxygens (including phenoxy) is 2. The Morgan fingerprint density at radius 2 is 1.74 bits per heavy atom. The molecule has 0 unspecified atom stereocenters. The number of rotatable bonds is 9. The van der Waals surface area contributed by atoms with Crippen LogP contribution in [0.4, 0.5) is 5.69 Å². The lowest BCUT2D eigenvalue weighted by Crippen LogP contribution is -2.32. The number of carbonyl (C=O) groups excluding carboxylic acids is 1. The fourth-order valence-electron chi connectivity index (χ4n) is 4.17. The number of hydrogen-bond acceptors (Lipinski definition) is 8. The van der Waals surface area contributed by atoms with Crippen molar-refractivity contribution in [1.29, 1.82) is 0 Å². The van der Waals surface area contributed by atoms with Gasteiger partial charge in [0.25, 0.3) is 10.0 Å². The largest absolute Gasteiger partial charge is 0.497 e. The number of benzene rings is 2. The van der Waals surface area contributed by atoms with Crippen molar-refractivity contribution in [2.24, 2.45) is 0 Å². The maximum absolute atomic E-state index is 14.3. The number of anilines is 1. The van der Waals surface area contributed by atoms with E-state index in [1.54, 1.807) is 48.3 Å². The zero-order valence-corrected chi connectivity index (χ0v) is 22.1. The van der Waals surface area contributed by atoms with Crippen molar-refractivity contribution in [3.8, 4) is 11.4 Å². The van der Waals surface area contributed by atoms with Crippen molar-refractivity contribution in [3.05, 3.63) is 103 Å². The maximum atomic E-state index is 14.3. The summed E-state index contributed by atoms with van der Waals surface area (Å²) in [4.78, 5) is 21.8. The van der Waals surface area contributed by atoms with Crippen LogP contribution in [-0.2, 0) is 21.3 Å². The van der Waals surface area contributed by atoms with Crippen molar-refractivity contribution < 1.29 is 22.7 Å². The second-order valence-corrected chi connectivity index (χ2v) is 10.3. The number of para-hydroxylation sites is 1. The third-order valence-corrected chi connectivity index (χ3v) is 7.77. The Bertz CT molecular complexity index is 1710. The summed E-state index contributed by atoms with van der Waals surface area (Å²) in [6.07, 6.45) is 6.01. The molecule has 0 aliphatic heterocycles. The van der Waals surface area contributed by atoms with Gasteiger partial charge in [-0.2, -0.15) is 5.10 Å². The number of nitrogens with zero attached hydrogens (tertiary/aromatic N) is 5. The van der Waals surface area contributed by atoms with Gasteiger partial charge in [-0.1, -0.05) is 24.3 Å². The van der Waals surface area contributed by atoms with Crippen LogP contribution in [0.2, 0.25) is 0 Å². The minimum absolute atomic E-state index is 0.00191. The first-order chi connectivity index (χ1) is 18.9. The predicted octanol–water partition coefficient (Wildman–Crippen LogP) is 4.40. The Hall–Kier alpha value is -4.77. The molecule has 3 aromatic heterocycles. The average Bonchev–Trinajstić information content (AvgIpc) is 3.41. The highest BCUT2D eigenvalue weighted by atomic mass is 32.2. The SMILES string of the molecule is CCOC(=O)c1cnc2c(cnn2-c2ccccc2)c1N(Cc1cccnc1)S(=O)(=O)c1ccc(OC)cc1. The molecule has 0 saturated heterocycles. The Kier molecular flexibility index (Phi) is 7.24. The predicted molar refractivity (Wildman–Crippen MR) is 145 cm³/mol. The third kappa shape index (κ3) is 5.04. The molecule has 0 radical (unpaired) electrons. The van der Waals surface area contributed by atoms with Gasteiger partial charge in [0, 0.05) is 18.6 Å². The van der Waals surface area contributed by atoms with Crippen LogP contribution in [0.5, 0.6) is 5.75 Å². The fourth-order valence-corrected chi connectivity index (χ4v) is 5.66. The molecule has 0 N–H and O–H groups in total. The first-order valence-corrected chi connectivity index (χ1v) is 13.5. The average molecular weight is 544 g/mol. The number of pyridine rings is 2. The van der Waals surface area contributed by atoms with Crippen molar-refractivity contribution >= 4 is 32.7 Å². The summed E-state index contributed by atoms with van der Waals surface area (Å²) in [5.41, 5.74) is 1.83. The van der Waals surface area contributed by atoms with E-state index in [1.165, 1.54) is 35.9 Å². The van der Waals surface area contributed by atoms with Crippen LogP contribution in [-0.4, -0.2) is 47.9 Å². The smallest absolute Gasteiger partial charge is 0.341 e. The van der Waals surface area contributed by atoms with E-state index < -0.39 is 16.0 Å². The molecule has 0 aliphatic rings. The highest BCUT2D eigenvalue weighted by Gasteiger charge is 2.32. The molecule has 5 rings (SSSR count). The Morgan fingerprint density at radius 3 is 2.41 bits per heavy atom. The lowest BCUT2D eigenvalue weighted by molar-refractivity contribution is 0.0527. The zero-order valence-electron chi connectivity index (χ0n) is 21.3. The summed E-state index contributed by atoms with van der Waals surface area (Å²) in [6, 6.07) is 18.8. The fraction of sp³-hybridized carbons (Fsp3) is 0.143. The molecule has 0 bridgehead atoms. The molecule has 0 amide bonds.